The third-order valence-electron chi connectivity index (χ3n) is 5.34. The summed E-state index contributed by atoms with van der Waals surface area (Å²) in [4.78, 5) is 13.1. The fraction of sp³-hybridized carbons (Fsp3) is 0.381. The summed E-state index contributed by atoms with van der Waals surface area (Å²) in [5.74, 6) is 0.0329. The topological polar surface area (TPSA) is 168 Å². The van der Waals surface area contributed by atoms with Crippen LogP contribution in [0.15, 0.2) is 33.5 Å². The predicted octanol–water partition coefficient (Wildman–Crippen LogP) is -0.152. The van der Waals surface area contributed by atoms with Crippen molar-refractivity contribution in [1.82, 2.24) is 0 Å². The van der Waals surface area contributed by atoms with Gasteiger partial charge in [0.1, 0.15) is 46.9 Å². The van der Waals surface area contributed by atoms with E-state index in [9.17, 15) is 30.3 Å². The highest BCUT2D eigenvalue weighted by atomic mass is 16.7. The van der Waals surface area contributed by atoms with E-state index in [1.165, 1.54) is 38.5 Å². The quantitative estimate of drug-likeness (QED) is 0.328. The van der Waals surface area contributed by atoms with E-state index in [1.807, 2.05) is 0 Å². The fourth-order valence-corrected chi connectivity index (χ4v) is 3.66. The molecule has 4 rings (SSSR count). The number of ether oxygens (including phenoxy) is 4. The molecule has 0 spiro atoms. The molecule has 0 amide bonds. The Morgan fingerprint density at radius 2 is 1.78 bits per heavy atom. The van der Waals surface area contributed by atoms with Crippen molar-refractivity contribution < 1.29 is 48.9 Å². The second-order valence-corrected chi connectivity index (χ2v) is 7.24. The number of hydrogen-bond acceptors (Lipinski definition) is 11. The molecule has 0 aliphatic carbocycles. The summed E-state index contributed by atoms with van der Waals surface area (Å²) in [6.45, 7) is -0.608. The van der Waals surface area contributed by atoms with Crippen LogP contribution in [0.4, 0.5) is 0 Å². The van der Waals surface area contributed by atoms with Crippen molar-refractivity contribution in [3.63, 3.8) is 0 Å². The number of aliphatic hydroxyl groups excluding tert-OH is 4. The van der Waals surface area contributed by atoms with Gasteiger partial charge in [0.2, 0.25) is 17.5 Å². The second-order valence-electron chi connectivity index (χ2n) is 7.24. The first-order valence-electron chi connectivity index (χ1n) is 9.62. The Labute approximate surface area is 180 Å². The van der Waals surface area contributed by atoms with Crippen molar-refractivity contribution in [1.29, 1.82) is 0 Å². The monoisotopic (exact) mass is 450 g/mol. The normalized spacial score (nSPS) is 25.8. The molecular formula is C21H22O11. The van der Waals surface area contributed by atoms with E-state index >= 15 is 0 Å². The average molecular weight is 450 g/mol. The van der Waals surface area contributed by atoms with Crippen molar-refractivity contribution in [3.05, 3.63) is 34.5 Å². The minimum absolute atomic E-state index is 0.00412. The van der Waals surface area contributed by atoms with E-state index in [-0.39, 0.29) is 44.9 Å². The molecule has 2 heterocycles. The molecule has 2 aromatic carbocycles. The molecule has 1 fully saturated rings. The molecule has 1 aliphatic rings. The second kappa shape index (κ2) is 8.45. The van der Waals surface area contributed by atoms with Gasteiger partial charge in [-0.2, -0.15) is 0 Å². The Morgan fingerprint density at radius 3 is 2.44 bits per heavy atom. The maximum absolute atomic E-state index is 13.1. The van der Waals surface area contributed by atoms with Gasteiger partial charge in [-0.3, -0.25) is 4.79 Å². The Hall–Kier alpha value is -3.09. The largest absolute Gasteiger partial charge is 0.507 e. The van der Waals surface area contributed by atoms with Gasteiger partial charge in [-0.1, -0.05) is 0 Å². The van der Waals surface area contributed by atoms with Crippen molar-refractivity contribution >= 4 is 21.9 Å². The van der Waals surface area contributed by atoms with Crippen LogP contribution in [0.3, 0.4) is 0 Å². The summed E-state index contributed by atoms with van der Waals surface area (Å²) in [6, 6.07) is 5.42. The van der Waals surface area contributed by atoms with Crippen molar-refractivity contribution in [2.45, 2.75) is 30.7 Å². The van der Waals surface area contributed by atoms with Crippen LogP contribution in [-0.4, -0.2) is 77.1 Å². The summed E-state index contributed by atoms with van der Waals surface area (Å²) in [7, 11) is 2.75. The van der Waals surface area contributed by atoms with Gasteiger partial charge < -0.3 is 48.9 Å². The van der Waals surface area contributed by atoms with Gasteiger partial charge in [-0.25, -0.2) is 0 Å². The Bertz CT molecular complexity index is 1200. The molecule has 0 saturated carbocycles. The Morgan fingerprint density at radius 1 is 1.03 bits per heavy atom. The smallest absolute Gasteiger partial charge is 0.229 e. The molecule has 5 atom stereocenters. The molecule has 5 N–H and O–H groups in total. The van der Waals surface area contributed by atoms with Crippen LogP contribution in [-0.2, 0) is 4.74 Å². The maximum Gasteiger partial charge on any atom is 0.229 e. The molecule has 5 unspecified atom stereocenters. The molecule has 0 bridgehead atoms. The van der Waals surface area contributed by atoms with Crippen LogP contribution >= 0.6 is 0 Å². The van der Waals surface area contributed by atoms with Crippen molar-refractivity contribution in [3.8, 4) is 23.0 Å². The SMILES string of the molecule is COc1cc(O)c2c(=O)c3cc(OC4OC(CO)C(O)C(O)C4O)ccc3oc2c1OC. The van der Waals surface area contributed by atoms with E-state index in [4.69, 9.17) is 23.4 Å². The summed E-state index contributed by atoms with van der Waals surface area (Å²) in [5, 5.41) is 49.6. The molecule has 11 nitrogen and oxygen atoms in total. The van der Waals surface area contributed by atoms with Gasteiger partial charge in [0, 0.05) is 6.07 Å². The highest BCUT2D eigenvalue weighted by Crippen LogP contribution is 2.41. The molecule has 0 radical (unpaired) electrons. The van der Waals surface area contributed by atoms with Crippen LogP contribution in [0.1, 0.15) is 0 Å². The number of hydrogen-bond donors (Lipinski definition) is 5. The number of methoxy groups -OCH3 is 2. The van der Waals surface area contributed by atoms with Gasteiger partial charge in [-0.15, -0.1) is 0 Å². The first-order valence-corrected chi connectivity index (χ1v) is 9.62. The zero-order valence-electron chi connectivity index (χ0n) is 17.1. The van der Waals surface area contributed by atoms with E-state index in [0.717, 1.165) is 0 Å². The van der Waals surface area contributed by atoms with Gasteiger partial charge in [-0.05, 0) is 18.2 Å². The molecule has 32 heavy (non-hydrogen) atoms. The molecule has 1 aliphatic heterocycles. The lowest BCUT2D eigenvalue weighted by Crippen LogP contribution is -2.60. The Kier molecular flexibility index (Phi) is 5.84. The molecule has 11 heteroatoms. The fourth-order valence-electron chi connectivity index (χ4n) is 3.66. The highest BCUT2D eigenvalue weighted by Gasteiger charge is 2.44. The summed E-state index contributed by atoms with van der Waals surface area (Å²) >= 11 is 0. The van der Waals surface area contributed by atoms with E-state index in [0.29, 0.717) is 0 Å². The number of aromatic hydroxyl groups is 1. The standard InChI is InChI=1S/C21H22O11/c1-28-12-6-10(23)14-15(24)9-5-8(3-4-11(9)31-20(14)19(12)29-2)30-21-18(27)17(26)16(25)13(7-22)32-21/h3-6,13,16-18,21-23,25-27H,7H2,1-2H3. The maximum atomic E-state index is 13.1. The highest BCUT2D eigenvalue weighted by molar-refractivity contribution is 5.97. The van der Waals surface area contributed by atoms with E-state index < -0.39 is 42.7 Å². The van der Waals surface area contributed by atoms with Gasteiger partial charge >= 0.3 is 0 Å². The zero-order chi connectivity index (χ0) is 23.2. The number of fused-ring (bicyclic) bond motifs is 2. The molecule has 3 aromatic rings. The average Bonchev–Trinajstić information content (AvgIpc) is 2.79. The minimum atomic E-state index is -1.61. The third-order valence-corrected chi connectivity index (χ3v) is 5.34. The molecular weight excluding hydrogens is 428 g/mol. The van der Waals surface area contributed by atoms with Crippen LogP contribution in [0.5, 0.6) is 23.0 Å². The number of rotatable bonds is 5. The molecule has 172 valence electrons. The summed E-state index contributed by atoms with van der Waals surface area (Å²) < 4.78 is 27.1. The van der Waals surface area contributed by atoms with Gasteiger partial charge in [0.15, 0.2) is 11.3 Å². The van der Waals surface area contributed by atoms with Crippen molar-refractivity contribution in [2.75, 3.05) is 20.8 Å². The molecule has 1 aromatic heterocycles. The first kappa shape index (κ1) is 22.1. The number of benzene rings is 2. The lowest BCUT2D eigenvalue weighted by atomic mass is 9.99. The lowest BCUT2D eigenvalue weighted by molar-refractivity contribution is -0.277. The van der Waals surface area contributed by atoms with Crippen LogP contribution in [0, 0.1) is 0 Å². The van der Waals surface area contributed by atoms with Crippen molar-refractivity contribution in [2.24, 2.45) is 0 Å². The number of aliphatic hydroxyl groups is 4. The number of phenols is 1. The summed E-state index contributed by atoms with van der Waals surface area (Å²) in [5.41, 5.74) is -0.405. The van der Waals surface area contributed by atoms with Crippen LogP contribution in [0.25, 0.3) is 21.9 Å². The summed E-state index contributed by atoms with van der Waals surface area (Å²) in [6.07, 6.45) is -7.32. The van der Waals surface area contributed by atoms with Crippen LogP contribution in [0.2, 0.25) is 0 Å². The van der Waals surface area contributed by atoms with Crippen LogP contribution < -0.4 is 19.6 Å². The lowest BCUT2D eigenvalue weighted by Gasteiger charge is -2.39. The van der Waals surface area contributed by atoms with E-state index in [1.54, 1.807) is 0 Å². The molecule has 1 saturated heterocycles. The van der Waals surface area contributed by atoms with Gasteiger partial charge in [0.25, 0.3) is 0 Å². The zero-order valence-corrected chi connectivity index (χ0v) is 17.1. The van der Waals surface area contributed by atoms with Gasteiger partial charge in [0.05, 0.1) is 26.2 Å². The first-order chi connectivity index (χ1) is 15.3. The van der Waals surface area contributed by atoms with E-state index in [2.05, 4.69) is 0 Å². The Balaban J connectivity index is 1.78. The predicted molar refractivity (Wildman–Crippen MR) is 109 cm³/mol. The minimum Gasteiger partial charge on any atom is -0.507 e. The third kappa shape index (κ3) is 3.49. The number of phenolic OH excluding ortho intramolecular Hbond substituents is 1.